The molecule has 98 valence electrons. The van der Waals surface area contributed by atoms with Gasteiger partial charge >= 0.3 is 6.03 Å². The Balaban J connectivity index is 2.26. The normalized spacial score (nSPS) is 18.3. The zero-order chi connectivity index (χ0) is 13.8. The van der Waals surface area contributed by atoms with Crippen molar-refractivity contribution < 1.29 is 9.53 Å². The van der Waals surface area contributed by atoms with E-state index in [0.717, 1.165) is 5.56 Å². The Bertz CT molecular complexity index is 545. The van der Waals surface area contributed by atoms with E-state index >= 15 is 0 Å². The molecule has 0 radical (unpaired) electrons. The van der Waals surface area contributed by atoms with Gasteiger partial charge in [-0.1, -0.05) is 12.1 Å². The first-order valence-electron chi connectivity index (χ1n) is 5.81. The molecule has 0 saturated heterocycles. The highest BCUT2D eigenvalue weighted by atomic mass is 16.5. The van der Waals surface area contributed by atoms with E-state index in [9.17, 15) is 4.79 Å². The number of carbonyl (C=O) groups is 1. The van der Waals surface area contributed by atoms with Crippen molar-refractivity contribution in [1.29, 1.82) is 5.26 Å². The van der Waals surface area contributed by atoms with Gasteiger partial charge in [-0.05, 0) is 17.7 Å². The van der Waals surface area contributed by atoms with Crippen LogP contribution in [0.1, 0.15) is 17.2 Å². The smallest absolute Gasteiger partial charge is 0.346 e. The highest BCUT2D eigenvalue weighted by Crippen LogP contribution is 2.26. The summed E-state index contributed by atoms with van der Waals surface area (Å²) >= 11 is 0. The zero-order valence-corrected chi connectivity index (χ0v) is 10.5. The highest BCUT2D eigenvalue weighted by Gasteiger charge is 2.34. The van der Waals surface area contributed by atoms with Crippen LogP contribution in [0.5, 0.6) is 0 Å². The molecule has 1 aromatic carbocycles. The van der Waals surface area contributed by atoms with Crippen LogP contribution in [0.4, 0.5) is 4.79 Å². The summed E-state index contributed by atoms with van der Waals surface area (Å²) in [5.41, 5.74) is 7.21. The third kappa shape index (κ3) is 2.56. The molecule has 0 fully saturated rings. The highest BCUT2D eigenvalue weighted by molar-refractivity contribution is 6.03. The van der Waals surface area contributed by atoms with E-state index in [1.807, 2.05) is 6.07 Å². The minimum absolute atomic E-state index is 0.269. The van der Waals surface area contributed by atoms with Crippen molar-refractivity contribution in [3.05, 3.63) is 35.4 Å². The molecule has 1 heterocycles. The van der Waals surface area contributed by atoms with Gasteiger partial charge in [-0.2, -0.15) is 10.3 Å². The SMILES string of the molecule is COCCN1C(=O)N=C(N)C1c1ccc(C#N)cc1. The van der Waals surface area contributed by atoms with Gasteiger partial charge in [0.2, 0.25) is 0 Å². The van der Waals surface area contributed by atoms with E-state index in [1.165, 1.54) is 0 Å². The number of amides is 2. The Hall–Kier alpha value is -2.39. The van der Waals surface area contributed by atoms with Gasteiger partial charge in [0.25, 0.3) is 0 Å². The van der Waals surface area contributed by atoms with Crippen LogP contribution in [0, 0.1) is 11.3 Å². The monoisotopic (exact) mass is 258 g/mol. The van der Waals surface area contributed by atoms with E-state index in [2.05, 4.69) is 4.99 Å². The number of hydrogen-bond donors (Lipinski definition) is 1. The number of nitriles is 1. The molecule has 1 atom stereocenters. The van der Waals surface area contributed by atoms with Crippen LogP contribution in [-0.2, 0) is 4.74 Å². The zero-order valence-electron chi connectivity index (χ0n) is 10.5. The first-order chi connectivity index (χ1) is 9.17. The van der Waals surface area contributed by atoms with Gasteiger partial charge in [-0.15, -0.1) is 0 Å². The maximum atomic E-state index is 11.7. The Morgan fingerprint density at radius 2 is 2.16 bits per heavy atom. The third-order valence-electron chi connectivity index (χ3n) is 2.95. The van der Waals surface area contributed by atoms with Crippen molar-refractivity contribution in [3.63, 3.8) is 0 Å². The summed E-state index contributed by atoms with van der Waals surface area (Å²) in [6, 6.07) is 8.26. The largest absolute Gasteiger partial charge is 0.385 e. The van der Waals surface area contributed by atoms with Crippen LogP contribution in [0.2, 0.25) is 0 Å². The Kier molecular flexibility index (Phi) is 3.78. The van der Waals surface area contributed by atoms with Gasteiger partial charge < -0.3 is 15.4 Å². The molecule has 1 aliphatic heterocycles. The number of aliphatic imine (C=N–C) groups is 1. The molecule has 1 aliphatic rings. The van der Waals surface area contributed by atoms with Crippen molar-refractivity contribution in [2.24, 2.45) is 10.7 Å². The quantitative estimate of drug-likeness (QED) is 0.873. The van der Waals surface area contributed by atoms with Crippen LogP contribution in [0.25, 0.3) is 0 Å². The fraction of sp³-hybridized carbons (Fsp3) is 0.308. The summed E-state index contributed by atoms with van der Waals surface area (Å²) in [5.74, 6) is 0.269. The number of benzene rings is 1. The van der Waals surface area contributed by atoms with Crippen LogP contribution >= 0.6 is 0 Å². The van der Waals surface area contributed by atoms with E-state index in [4.69, 9.17) is 15.7 Å². The minimum atomic E-state index is -0.379. The summed E-state index contributed by atoms with van der Waals surface area (Å²) < 4.78 is 4.98. The van der Waals surface area contributed by atoms with Gasteiger partial charge in [-0.25, -0.2) is 4.79 Å². The number of rotatable bonds is 4. The lowest BCUT2D eigenvalue weighted by Gasteiger charge is -2.24. The van der Waals surface area contributed by atoms with Crippen molar-refractivity contribution >= 4 is 11.9 Å². The molecule has 19 heavy (non-hydrogen) atoms. The summed E-state index contributed by atoms with van der Waals surface area (Å²) in [6.07, 6.45) is 0. The molecule has 0 bridgehead atoms. The molecule has 6 heteroatoms. The Morgan fingerprint density at radius 3 is 2.74 bits per heavy atom. The number of nitrogens with two attached hydrogens (primary N) is 1. The average molecular weight is 258 g/mol. The van der Waals surface area contributed by atoms with Gasteiger partial charge in [0, 0.05) is 13.7 Å². The van der Waals surface area contributed by atoms with Crippen molar-refractivity contribution in [2.45, 2.75) is 6.04 Å². The lowest BCUT2D eigenvalue weighted by Crippen LogP contribution is -2.35. The van der Waals surface area contributed by atoms with Gasteiger partial charge in [0.1, 0.15) is 11.9 Å². The van der Waals surface area contributed by atoms with E-state index in [1.54, 1.807) is 36.3 Å². The van der Waals surface area contributed by atoms with Crippen molar-refractivity contribution in [2.75, 3.05) is 20.3 Å². The third-order valence-corrected chi connectivity index (χ3v) is 2.95. The van der Waals surface area contributed by atoms with Gasteiger partial charge in [-0.3, -0.25) is 0 Å². The molecule has 0 spiro atoms. The molecule has 6 nitrogen and oxygen atoms in total. The molecule has 1 aromatic rings. The van der Waals surface area contributed by atoms with E-state index in [0.29, 0.717) is 18.7 Å². The number of urea groups is 1. The molecule has 2 rings (SSSR count). The molecule has 0 aliphatic carbocycles. The summed E-state index contributed by atoms with van der Waals surface area (Å²) in [7, 11) is 1.57. The fourth-order valence-electron chi connectivity index (χ4n) is 2.01. The van der Waals surface area contributed by atoms with Crippen molar-refractivity contribution in [1.82, 2.24) is 4.90 Å². The predicted octanol–water partition coefficient (Wildman–Crippen LogP) is 1.04. The lowest BCUT2D eigenvalue weighted by atomic mass is 10.0. The summed E-state index contributed by atoms with van der Waals surface area (Å²) in [5, 5.41) is 8.78. The Labute approximate surface area is 111 Å². The second-order valence-corrected chi connectivity index (χ2v) is 4.14. The molecular weight excluding hydrogens is 244 g/mol. The molecule has 0 aromatic heterocycles. The van der Waals surface area contributed by atoms with Crippen LogP contribution in [0.15, 0.2) is 29.3 Å². The van der Waals surface area contributed by atoms with Crippen molar-refractivity contribution in [3.8, 4) is 6.07 Å². The molecular formula is C13H14N4O2. The maximum absolute atomic E-state index is 11.7. The van der Waals surface area contributed by atoms with E-state index in [-0.39, 0.29) is 17.9 Å². The lowest BCUT2D eigenvalue weighted by molar-refractivity contribution is 0.150. The van der Waals surface area contributed by atoms with Crippen LogP contribution < -0.4 is 5.73 Å². The number of hydrogen-bond acceptors (Lipinski definition) is 4. The number of ether oxygens (including phenoxy) is 1. The second-order valence-electron chi connectivity index (χ2n) is 4.14. The summed E-state index contributed by atoms with van der Waals surface area (Å²) in [6.45, 7) is 0.839. The standard InChI is InChI=1S/C13H14N4O2/c1-19-7-6-17-11(12(15)16-13(17)18)10-4-2-9(8-14)3-5-10/h2-5,11H,6-7H2,1H3,(H2,15,16,18). The van der Waals surface area contributed by atoms with Crippen LogP contribution in [0.3, 0.4) is 0 Å². The maximum Gasteiger partial charge on any atom is 0.346 e. The van der Waals surface area contributed by atoms with Gasteiger partial charge in [0.05, 0.1) is 18.2 Å². The number of amidine groups is 1. The average Bonchev–Trinajstić information content (AvgIpc) is 2.71. The Morgan fingerprint density at radius 1 is 1.47 bits per heavy atom. The topological polar surface area (TPSA) is 91.7 Å². The molecule has 2 amide bonds. The number of methoxy groups -OCH3 is 1. The minimum Gasteiger partial charge on any atom is -0.385 e. The first-order valence-corrected chi connectivity index (χ1v) is 5.81. The first kappa shape index (κ1) is 13.1. The van der Waals surface area contributed by atoms with Crippen LogP contribution in [-0.4, -0.2) is 37.0 Å². The van der Waals surface area contributed by atoms with E-state index < -0.39 is 0 Å². The molecule has 0 saturated carbocycles. The second kappa shape index (κ2) is 5.50. The fourth-order valence-corrected chi connectivity index (χ4v) is 2.01. The van der Waals surface area contributed by atoms with Gasteiger partial charge in [0.15, 0.2) is 0 Å². The summed E-state index contributed by atoms with van der Waals surface area (Å²) in [4.78, 5) is 17.1. The predicted molar refractivity (Wildman–Crippen MR) is 69.5 cm³/mol. The molecule has 1 unspecified atom stereocenters. The molecule has 2 N–H and O–H groups in total. The number of nitrogens with zero attached hydrogens (tertiary/aromatic N) is 3. The number of carbonyl (C=O) groups excluding carboxylic acids is 1.